The topological polar surface area (TPSA) is 42.0 Å². The zero-order valence-electron chi connectivity index (χ0n) is 13.0. The number of carbonyl (C=O) groups excluding carboxylic acids is 1. The van der Waals surface area contributed by atoms with Crippen LogP contribution < -0.4 is 5.32 Å². The zero-order valence-corrected chi connectivity index (χ0v) is 13.0. The van der Waals surface area contributed by atoms with Gasteiger partial charge >= 0.3 is 0 Å². The van der Waals surface area contributed by atoms with Crippen LogP contribution in [0.2, 0.25) is 0 Å². The van der Waals surface area contributed by atoms with E-state index in [1.165, 1.54) is 46.0 Å². The largest absolute Gasteiger partial charge is 0.352 e. The molecule has 1 aromatic heterocycles. The number of rotatable bonds is 4. The van der Waals surface area contributed by atoms with E-state index >= 15 is 0 Å². The van der Waals surface area contributed by atoms with Gasteiger partial charge in [-0.05, 0) is 60.4 Å². The highest BCUT2D eigenvalue weighted by molar-refractivity contribution is 5.87. The van der Waals surface area contributed by atoms with Crippen molar-refractivity contribution in [1.82, 2.24) is 10.3 Å². The van der Waals surface area contributed by atoms with Gasteiger partial charge in [-0.2, -0.15) is 0 Å². The average molecular weight is 282 g/mol. The minimum atomic E-state index is 0.0111. The second-order valence-corrected chi connectivity index (χ2v) is 6.01. The third kappa shape index (κ3) is 2.78. The maximum Gasteiger partial charge on any atom is 0.217 e. The number of hydrogen-bond donors (Lipinski definition) is 1. The summed E-state index contributed by atoms with van der Waals surface area (Å²) in [5.41, 5.74) is 5.13. The van der Waals surface area contributed by atoms with Crippen molar-refractivity contribution < 1.29 is 4.79 Å². The predicted molar refractivity (Wildman–Crippen MR) is 85.4 cm³/mol. The SMILES string of the molecule is CCc1c(CNC(C)=O)cc2cnc(C3CC3)cc2c1C. The van der Waals surface area contributed by atoms with Crippen LogP contribution >= 0.6 is 0 Å². The molecule has 1 heterocycles. The Labute approximate surface area is 125 Å². The van der Waals surface area contributed by atoms with Crippen molar-refractivity contribution in [2.45, 2.75) is 52.5 Å². The fourth-order valence-corrected chi connectivity index (χ4v) is 3.07. The Morgan fingerprint density at radius 1 is 1.38 bits per heavy atom. The molecule has 0 bridgehead atoms. The highest BCUT2D eigenvalue weighted by atomic mass is 16.1. The first-order valence-corrected chi connectivity index (χ1v) is 7.75. The second-order valence-electron chi connectivity index (χ2n) is 6.01. The minimum absolute atomic E-state index is 0.0111. The molecule has 21 heavy (non-hydrogen) atoms. The van der Waals surface area contributed by atoms with Crippen LogP contribution in [0.1, 0.15) is 55.0 Å². The molecule has 110 valence electrons. The van der Waals surface area contributed by atoms with Crippen LogP contribution in [0.4, 0.5) is 0 Å². The van der Waals surface area contributed by atoms with E-state index in [9.17, 15) is 4.79 Å². The van der Waals surface area contributed by atoms with Gasteiger partial charge in [0.15, 0.2) is 0 Å². The molecule has 3 rings (SSSR count). The highest BCUT2D eigenvalue weighted by Crippen LogP contribution is 2.40. The first-order valence-electron chi connectivity index (χ1n) is 7.75. The quantitative estimate of drug-likeness (QED) is 0.930. The third-order valence-electron chi connectivity index (χ3n) is 4.41. The van der Waals surface area contributed by atoms with Gasteiger partial charge in [-0.15, -0.1) is 0 Å². The smallest absolute Gasteiger partial charge is 0.217 e. The molecular weight excluding hydrogens is 260 g/mol. The maximum atomic E-state index is 11.2. The summed E-state index contributed by atoms with van der Waals surface area (Å²) in [5.74, 6) is 0.690. The number of aryl methyl sites for hydroxylation is 1. The van der Waals surface area contributed by atoms with Gasteiger partial charge in [-0.1, -0.05) is 6.92 Å². The Hall–Kier alpha value is -1.90. The van der Waals surface area contributed by atoms with E-state index in [2.05, 4.69) is 36.3 Å². The van der Waals surface area contributed by atoms with Crippen molar-refractivity contribution >= 4 is 16.7 Å². The average Bonchev–Trinajstić information content (AvgIpc) is 3.29. The minimum Gasteiger partial charge on any atom is -0.352 e. The molecule has 0 saturated heterocycles. The Balaban J connectivity index is 2.08. The van der Waals surface area contributed by atoms with Gasteiger partial charge in [0.1, 0.15) is 0 Å². The summed E-state index contributed by atoms with van der Waals surface area (Å²) in [4.78, 5) is 15.8. The lowest BCUT2D eigenvalue weighted by molar-refractivity contribution is -0.119. The van der Waals surface area contributed by atoms with E-state index in [4.69, 9.17) is 0 Å². The van der Waals surface area contributed by atoms with Crippen LogP contribution in [0.15, 0.2) is 18.3 Å². The van der Waals surface area contributed by atoms with E-state index in [-0.39, 0.29) is 5.91 Å². The number of carbonyl (C=O) groups is 1. The molecule has 0 aliphatic heterocycles. The molecule has 1 fully saturated rings. The summed E-state index contributed by atoms with van der Waals surface area (Å²) >= 11 is 0. The van der Waals surface area contributed by atoms with E-state index in [0.29, 0.717) is 12.5 Å². The van der Waals surface area contributed by atoms with Crippen LogP contribution in [-0.4, -0.2) is 10.9 Å². The normalized spacial score (nSPS) is 14.4. The number of aromatic nitrogens is 1. The first-order chi connectivity index (χ1) is 10.1. The summed E-state index contributed by atoms with van der Waals surface area (Å²) < 4.78 is 0. The number of benzene rings is 1. The van der Waals surface area contributed by atoms with Gasteiger partial charge < -0.3 is 5.32 Å². The van der Waals surface area contributed by atoms with E-state index < -0.39 is 0 Å². The molecule has 3 heteroatoms. The van der Waals surface area contributed by atoms with Crippen LogP contribution in [-0.2, 0) is 17.8 Å². The number of hydrogen-bond acceptors (Lipinski definition) is 2. The molecule has 1 aromatic carbocycles. The first kappa shape index (κ1) is 14.1. The number of pyridine rings is 1. The predicted octanol–water partition coefficient (Wildman–Crippen LogP) is 3.62. The Bertz CT molecular complexity index is 702. The number of nitrogens with one attached hydrogen (secondary N) is 1. The van der Waals surface area contributed by atoms with Gasteiger partial charge in [-0.25, -0.2) is 0 Å². The van der Waals surface area contributed by atoms with E-state index in [1.54, 1.807) is 6.92 Å². The summed E-state index contributed by atoms with van der Waals surface area (Å²) in [6.45, 7) is 6.52. The zero-order chi connectivity index (χ0) is 15.0. The number of nitrogens with zero attached hydrogens (tertiary/aromatic N) is 1. The van der Waals surface area contributed by atoms with Gasteiger partial charge in [0.2, 0.25) is 5.91 Å². The second kappa shape index (κ2) is 5.47. The summed E-state index contributed by atoms with van der Waals surface area (Å²) in [7, 11) is 0. The molecular formula is C18H22N2O. The van der Waals surface area contributed by atoms with Crippen LogP contribution in [0.3, 0.4) is 0 Å². The molecule has 0 atom stereocenters. The summed E-state index contributed by atoms with van der Waals surface area (Å²) in [6, 6.07) is 4.45. The van der Waals surface area contributed by atoms with Crippen molar-refractivity contribution in [3.05, 3.63) is 40.7 Å². The standard InChI is InChI=1S/C18H22N2O/c1-4-16-11(2)17-8-18(13-5-6-13)20-10-15(17)7-14(16)9-19-12(3)21/h7-8,10,13H,4-6,9H2,1-3H3,(H,19,21). The van der Waals surface area contributed by atoms with Crippen LogP contribution in [0, 0.1) is 6.92 Å². The van der Waals surface area contributed by atoms with Gasteiger partial charge in [0.05, 0.1) is 0 Å². The van der Waals surface area contributed by atoms with Crippen molar-refractivity contribution in [2.75, 3.05) is 0 Å². The molecule has 2 aromatic rings. The van der Waals surface area contributed by atoms with Crippen molar-refractivity contribution in [3.8, 4) is 0 Å². The summed E-state index contributed by atoms with van der Waals surface area (Å²) in [5, 5.41) is 5.40. The fourth-order valence-electron chi connectivity index (χ4n) is 3.07. The Morgan fingerprint density at radius 2 is 2.14 bits per heavy atom. The van der Waals surface area contributed by atoms with Crippen molar-refractivity contribution in [1.29, 1.82) is 0 Å². The Kier molecular flexibility index (Phi) is 3.66. The molecule has 1 amide bonds. The molecule has 1 aliphatic carbocycles. The molecule has 0 radical (unpaired) electrons. The van der Waals surface area contributed by atoms with Gasteiger partial charge in [-0.3, -0.25) is 9.78 Å². The van der Waals surface area contributed by atoms with Crippen molar-refractivity contribution in [3.63, 3.8) is 0 Å². The molecule has 1 saturated carbocycles. The maximum absolute atomic E-state index is 11.2. The number of fused-ring (bicyclic) bond motifs is 1. The fraction of sp³-hybridized carbons (Fsp3) is 0.444. The molecule has 3 nitrogen and oxygen atoms in total. The molecule has 0 unspecified atom stereocenters. The molecule has 0 spiro atoms. The van der Waals surface area contributed by atoms with E-state index in [0.717, 1.165) is 6.42 Å². The highest BCUT2D eigenvalue weighted by Gasteiger charge is 2.25. The van der Waals surface area contributed by atoms with Crippen LogP contribution in [0.25, 0.3) is 10.8 Å². The van der Waals surface area contributed by atoms with Gasteiger partial charge in [0.25, 0.3) is 0 Å². The lowest BCUT2D eigenvalue weighted by Gasteiger charge is -2.15. The van der Waals surface area contributed by atoms with E-state index in [1.807, 2.05) is 6.20 Å². The summed E-state index contributed by atoms with van der Waals surface area (Å²) in [6.07, 6.45) is 5.53. The van der Waals surface area contributed by atoms with Gasteiger partial charge in [0, 0.05) is 36.7 Å². The molecule has 1 aliphatic rings. The Morgan fingerprint density at radius 3 is 2.76 bits per heavy atom. The van der Waals surface area contributed by atoms with Crippen molar-refractivity contribution in [2.24, 2.45) is 0 Å². The number of amides is 1. The monoisotopic (exact) mass is 282 g/mol. The van der Waals surface area contributed by atoms with Crippen LogP contribution in [0.5, 0.6) is 0 Å². The third-order valence-corrected chi connectivity index (χ3v) is 4.41. The lowest BCUT2D eigenvalue weighted by Crippen LogP contribution is -2.20. The molecule has 1 N–H and O–H groups in total. The lowest BCUT2D eigenvalue weighted by atomic mass is 9.93.